The number of nitrogens with zero attached hydrogens (tertiary/aromatic N) is 1. The third-order valence-corrected chi connectivity index (χ3v) is 2.56. The van der Waals surface area contributed by atoms with Crippen molar-refractivity contribution in [3.63, 3.8) is 0 Å². The fourth-order valence-electron chi connectivity index (χ4n) is 1.59. The molecule has 0 aliphatic rings. The number of ether oxygens (including phenoxy) is 1. The first kappa shape index (κ1) is 15.0. The van der Waals surface area contributed by atoms with E-state index in [1.165, 1.54) is 14.0 Å². The summed E-state index contributed by atoms with van der Waals surface area (Å²) in [7, 11) is 1.34. The van der Waals surface area contributed by atoms with Gasteiger partial charge in [-0.05, 0) is 19.8 Å². The number of hydrogen-bond acceptors (Lipinski definition) is 6. The van der Waals surface area contributed by atoms with Crippen LogP contribution in [0.25, 0.3) is 0 Å². The highest BCUT2D eigenvalue weighted by molar-refractivity contribution is 5.73. The standard InChI is InChI=1S/C12H16NO6/c1-9-11(19-12(16)18-9)13(8-14)7-5-3-4-6-10(15)17-2/h3-7H2,1-2H3. The molecule has 19 heavy (non-hydrogen) atoms. The number of carbonyl (C=O) groups excluding carboxylic acids is 2. The lowest BCUT2D eigenvalue weighted by atomic mass is 10.2. The van der Waals surface area contributed by atoms with Gasteiger partial charge < -0.3 is 13.6 Å². The number of aryl methyl sites for hydroxylation is 1. The largest absolute Gasteiger partial charge is 0.520 e. The zero-order chi connectivity index (χ0) is 14.3. The molecule has 0 saturated heterocycles. The number of anilines is 1. The van der Waals surface area contributed by atoms with Crippen LogP contribution in [0.2, 0.25) is 0 Å². The van der Waals surface area contributed by atoms with Gasteiger partial charge >= 0.3 is 18.2 Å². The van der Waals surface area contributed by atoms with Gasteiger partial charge in [-0.2, -0.15) is 0 Å². The van der Waals surface area contributed by atoms with Crippen molar-refractivity contribution in [2.75, 3.05) is 18.6 Å². The Labute approximate surface area is 110 Å². The van der Waals surface area contributed by atoms with Gasteiger partial charge in [-0.3, -0.25) is 14.5 Å². The third-order valence-electron chi connectivity index (χ3n) is 2.56. The van der Waals surface area contributed by atoms with Crippen LogP contribution in [-0.2, 0) is 14.3 Å². The zero-order valence-electron chi connectivity index (χ0n) is 10.9. The van der Waals surface area contributed by atoms with E-state index >= 15 is 0 Å². The van der Waals surface area contributed by atoms with Gasteiger partial charge in [-0.1, -0.05) is 6.42 Å². The van der Waals surface area contributed by atoms with Crippen molar-refractivity contribution in [1.82, 2.24) is 0 Å². The minimum absolute atomic E-state index is 0.0768. The Kier molecular flexibility index (Phi) is 5.84. The molecule has 7 nitrogen and oxygen atoms in total. The highest BCUT2D eigenvalue weighted by Gasteiger charge is 2.16. The van der Waals surface area contributed by atoms with Crippen LogP contribution in [0, 0.1) is 6.92 Å². The molecule has 0 fully saturated rings. The number of hydrogen-bond donors (Lipinski definition) is 0. The van der Waals surface area contributed by atoms with E-state index in [1.54, 1.807) is 6.41 Å². The Hall–Kier alpha value is -2.05. The molecule has 0 aliphatic carbocycles. The molecule has 7 heteroatoms. The maximum atomic E-state index is 10.9. The maximum absolute atomic E-state index is 10.9. The predicted molar refractivity (Wildman–Crippen MR) is 65.5 cm³/mol. The minimum atomic E-state index is -0.849. The van der Waals surface area contributed by atoms with E-state index < -0.39 is 5.82 Å². The van der Waals surface area contributed by atoms with E-state index in [0.29, 0.717) is 25.8 Å². The quantitative estimate of drug-likeness (QED) is 0.400. The average Bonchev–Trinajstić information content (AvgIpc) is 2.72. The van der Waals surface area contributed by atoms with Crippen molar-refractivity contribution in [2.24, 2.45) is 0 Å². The van der Waals surface area contributed by atoms with Crippen molar-refractivity contribution in [3.8, 4) is 0 Å². The Bertz CT molecular complexity index is 475. The SMILES string of the molecule is COC(=O)CCCCCN([C]=O)c1oc(=O)oc1C. The molecule has 0 atom stereocenters. The van der Waals surface area contributed by atoms with Crippen molar-refractivity contribution in [1.29, 1.82) is 0 Å². The van der Waals surface area contributed by atoms with Gasteiger partial charge in [0.2, 0.25) is 5.88 Å². The van der Waals surface area contributed by atoms with Gasteiger partial charge in [0.05, 0.1) is 7.11 Å². The molecule has 1 aromatic rings. The van der Waals surface area contributed by atoms with E-state index in [2.05, 4.69) is 9.15 Å². The lowest BCUT2D eigenvalue weighted by Gasteiger charge is -2.12. The molecule has 1 heterocycles. The first-order chi connectivity index (χ1) is 9.08. The van der Waals surface area contributed by atoms with Gasteiger partial charge in [0.15, 0.2) is 5.76 Å². The smallest absolute Gasteiger partial charge is 0.469 e. The molecule has 1 amide bonds. The Morgan fingerprint density at radius 1 is 1.32 bits per heavy atom. The van der Waals surface area contributed by atoms with Crippen LogP contribution in [0.15, 0.2) is 13.6 Å². The molecule has 0 unspecified atom stereocenters. The number of rotatable bonds is 8. The summed E-state index contributed by atoms with van der Waals surface area (Å²) in [6.07, 6.45) is 4.10. The Morgan fingerprint density at radius 3 is 2.58 bits per heavy atom. The molecule has 0 bridgehead atoms. The van der Waals surface area contributed by atoms with E-state index in [1.807, 2.05) is 0 Å². The fraction of sp³-hybridized carbons (Fsp3) is 0.583. The summed E-state index contributed by atoms with van der Waals surface area (Å²) in [5, 5.41) is 0. The van der Waals surface area contributed by atoms with Gasteiger partial charge in [-0.15, -0.1) is 0 Å². The summed E-state index contributed by atoms with van der Waals surface area (Å²) >= 11 is 0. The molecular weight excluding hydrogens is 254 g/mol. The second-order valence-electron chi connectivity index (χ2n) is 3.95. The maximum Gasteiger partial charge on any atom is 0.520 e. The minimum Gasteiger partial charge on any atom is -0.469 e. The van der Waals surface area contributed by atoms with E-state index in [-0.39, 0.29) is 17.6 Å². The van der Waals surface area contributed by atoms with E-state index in [9.17, 15) is 14.4 Å². The van der Waals surface area contributed by atoms with Gasteiger partial charge in [-0.25, -0.2) is 4.79 Å². The van der Waals surface area contributed by atoms with Crippen LogP contribution in [0.1, 0.15) is 31.4 Å². The van der Waals surface area contributed by atoms with Crippen molar-refractivity contribution < 1.29 is 23.2 Å². The summed E-state index contributed by atoms with van der Waals surface area (Å²) < 4.78 is 13.9. The summed E-state index contributed by atoms with van der Waals surface area (Å²) in [5.74, 6) is -0.787. The summed E-state index contributed by atoms with van der Waals surface area (Å²) in [5.41, 5.74) is 0. The highest BCUT2D eigenvalue weighted by atomic mass is 16.6. The van der Waals surface area contributed by atoms with Crippen LogP contribution < -0.4 is 10.7 Å². The summed E-state index contributed by atoms with van der Waals surface area (Å²) in [4.78, 5) is 33.7. The van der Waals surface area contributed by atoms with Crippen molar-refractivity contribution in [3.05, 3.63) is 16.4 Å². The first-order valence-electron chi connectivity index (χ1n) is 5.91. The highest BCUT2D eigenvalue weighted by Crippen LogP contribution is 2.17. The summed E-state index contributed by atoms with van der Waals surface area (Å²) in [6, 6.07) is 0. The van der Waals surface area contributed by atoms with Gasteiger partial charge in [0.1, 0.15) is 0 Å². The van der Waals surface area contributed by atoms with Gasteiger partial charge in [0, 0.05) is 13.0 Å². The monoisotopic (exact) mass is 270 g/mol. The van der Waals surface area contributed by atoms with E-state index in [4.69, 9.17) is 4.42 Å². The topological polar surface area (TPSA) is 90.0 Å². The molecule has 0 saturated carbocycles. The molecule has 0 spiro atoms. The molecule has 0 aliphatic heterocycles. The lowest BCUT2D eigenvalue weighted by molar-refractivity contribution is -0.140. The Balaban J connectivity index is 2.38. The molecule has 105 valence electrons. The van der Waals surface area contributed by atoms with Crippen LogP contribution >= 0.6 is 0 Å². The molecule has 1 radical (unpaired) electrons. The first-order valence-corrected chi connectivity index (χ1v) is 5.91. The average molecular weight is 270 g/mol. The molecule has 1 aromatic heterocycles. The number of carbonyl (C=O) groups is 1. The molecule has 0 aromatic carbocycles. The number of methoxy groups -OCH3 is 1. The van der Waals surface area contributed by atoms with Crippen LogP contribution in [0.3, 0.4) is 0 Å². The van der Waals surface area contributed by atoms with E-state index in [0.717, 1.165) is 11.3 Å². The van der Waals surface area contributed by atoms with Crippen molar-refractivity contribution in [2.45, 2.75) is 32.6 Å². The second-order valence-corrected chi connectivity index (χ2v) is 3.95. The van der Waals surface area contributed by atoms with Crippen LogP contribution in [0.4, 0.5) is 5.88 Å². The number of amides is 1. The van der Waals surface area contributed by atoms with Crippen LogP contribution in [0.5, 0.6) is 0 Å². The molecule has 0 N–H and O–H groups in total. The Morgan fingerprint density at radius 2 is 2.05 bits per heavy atom. The lowest BCUT2D eigenvalue weighted by Crippen LogP contribution is -2.22. The third kappa shape index (κ3) is 4.61. The fourth-order valence-corrected chi connectivity index (χ4v) is 1.59. The van der Waals surface area contributed by atoms with Gasteiger partial charge in [0.25, 0.3) is 0 Å². The second kappa shape index (κ2) is 7.40. The molecule has 1 rings (SSSR count). The predicted octanol–water partition coefficient (Wildman–Crippen LogP) is 1.15. The molecular formula is C12H16NO6. The zero-order valence-corrected chi connectivity index (χ0v) is 10.9. The summed E-state index contributed by atoms with van der Waals surface area (Å²) in [6.45, 7) is 1.87. The van der Waals surface area contributed by atoms with Crippen molar-refractivity contribution >= 4 is 18.3 Å². The number of unbranched alkanes of at least 4 members (excludes halogenated alkanes) is 2. The van der Waals surface area contributed by atoms with Crippen LogP contribution in [-0.4, -0.2) is 26.0 Å². The normalized spacial score (nSPS) is 10.2. The number of esters is 1.